The number of ketones is 1. The molecular weight excluding hydrogens is 270 g/mol. The average Bonchev–Trinajstić information content (AvgIpc) is 2.37. The van der Waals surface area contributed by atoms with Crippen LogP contribution in [0.15, 0.2) is 18.2 Å². The predicted molar refractivity (Wildman–Crippen MR) is 79.5 cm³/mol. The van der Waals surface area contributed by atoms with Crippen LogP contribution in [0.4, 0.5) is 0 Å². The van der Waals surface area contributed by atoms with Crippen molar-refractivity contribution in [3.05, 3.63) is 34.9 Å². The summed E-state index contributed by atoms with van der Waals surface area (Å²) in [6.07, 6.45) is 0.354. The number of aryl methyl sites for hydroxylation is 1. The summed E-state index contributed by atoms with van der Waals surface area (Å²) in [6, 6.07) is 3.84. The fourth-order valence-corrected chi connectivity index (χ4v) is 2.08. The molecule has 0 fully saturated rings. The van der Waals surface area contributed by atoms with Crippen molar-refractivity contribution in [1.29, 1.82) is 0 Å². The third-order valence-corrected chi connectivity index (χ3v) is 3.19. The molecule has 1 amide bonds. The maximum atomic E-state index is 12.1. The first-order valence-corrected chi connectivity index (χ1v) is 6.87. The minimum Gasteiger partial charge on any atom is -0.480 e. The molecule has 5 nitrogen and oxygen atoms in total. The van der Waals surface area contributed by atoms with Gasteiger partial charge in [-0.2, -0.15) is 0 Å². The first kappa shape index (κ1) is 16.9. The summed E-state index contributed by atoms with van der Waals surface area (Å²) in [5.41, 5.74) is 1.55. The number of carboxylic acid groups (broad SMARTS) is 1. The summed E-state index contributed by atoms with van der Waals surface area (Å²) in [7, 11) is 0. The van der Waals surface area contributed by atoms with Crippen LogP contribution in [0.1, 0.15) is 53.5 Å². The largest absolute Gasteiger partial charge is 0.480 e. The molecule has 114 valence electrons. The molecule has 1 rings (SSSR count). The third kappa shape index (κ3) is 4.70. The Hall–Kier alpha value is -2.17. The van der Waals surface area contributed by atoms with E-state index in [1.807, 2.05) is 13.8 Å². The average molecular weight is 291 g/mol. The molecule has 0 saturated carbocycles. The van der Waals surface area contributed by atoms with Crippen LogP contribution in [0.5, 0.6) is 0 Å². The highest BCUT2D eigenvalue weighted by Crippen LogP contribution is 2.13. The molecule has 0 unspecified atom stereocenters. The van der Waals surface area contributed by atoms with Gasteiger partial charge >= 0.3 is 5.97 Å². The van der Waals surface area contributed by atoms with Gasteiger partial charge in [-0.1, -0.05) is 19.9 Å². The second-order valence-corrected chi connectivity index (χ2v) is 5.58. The summed E-state index contributed by atoms with van der Waals surface area (Å²) in [5.74, 6) is -1.52. The topological polar surface area (TPSA) is 83.5 Å². The molecule has 0 aliphatic heterocycles. The maximum absolute atomic E-state index is 12.1. The zero-order chi connectivity index (χ0) is 16.2. The zero-order valence-corrected chi connectivity index (χ0v) is 12.8. The number of Topliss-reactive ketones (excluding diaryl/α,β-unsaturated/α-hetero) is 1. The van der Waals surface area contributed by atoms with E-state index in [0.717, 1.165) is 5.56 Å². The van der Waals surface area contributed by atoms with E-state index in [4.69, 9.17) is 5.11 Å². The van der Waals surface area contributed by atoms with Crippen LogP contribution in [-0.2, 0) is 4.79 Å². The van der Waals surface area contributed by atoms with Gasteiger partial charge < -0.3 is 10.4 Å². The number of amides is 1. The van der Waals surface area contributed by atoms with Crippen molar-refractivity contribution in [3.63, 3.8) is 0 Å². The molecule has 1 aromatic carbocycles. The van der Waals surface area contributed by atoms with Gasteiger partial charge in [-0.15, -0.1) is 0 Å². The number of rotatable bonds is 6. The molecule has 0 saturated heterocycles. The number of hydrogen-bond donors (Lipinski definition) is 2. The molecule has 0 bridgehead atoms. The van der Waals surface area contributed by atoms with Gasteiger partial charge in [0.25, 0.3) is 5.91 Å². The second-order valence-electron chi connectivity index (χ2n) is 5.58. The highest BCUT2D eigenvalue weighted by Gasteiger charge is 2.22. The molecule has 5 heteroatoms. The Kier molecular flexibility index (Phi) is 5.64. The van der Waals surface area contributed by atoms with Crippen molar-refractivity contribution >= 4 is 17.7 Å². The molecule has 0 aromatic heterocycles. The molecule has 1 aromatic rings. The molecule has 0 aliphatic rings. The fourth-order valence-electron chi connectivity index (χ4n) is 2.08. The zero-order valence-electron chi connectivity index (χ0n) is 12.8. The minimum atomic E-state index is -1.06. The lowest BCUT2D eigenvalue weighted by Crippen LogP contribution is -2.41. The Bertz CT molecular complexity index is 563. The Morgan fingerprint density at radius 3 is 2.33 bits per heavy atom. The molecule has 1 atom stereocenters. The number of carbonyl (C=O) groups is 3. The summed E-state index contributed by atoms with van der Waals surface area (Å²) in [4.78, 5) is 34.8. The monoisotopic (exact) mass is 291 g/mol. The van der Waals surface area contributed by atoms with Crippen molar-refractivity contribution in [1.82, 2.24) is 5.32 Å². The fraction of sp³-hybridized carbons (Fsp3) is 0.438. The van der Waals surface area contributed by atoms with Crippen LogP contribution in [0.25, 0.3) is 0 Å². The van der Waals surface area contributed by atoms with Gasteiger partial charge in [0.2, 0.25) is 0 Å². The van der Waals surface area contributed by atoms with Gasteiger partial charge in [0, 0.05) is 11.1 Å². The Balaban J connectivity index is 2.95. The Morgan fingerprint density at radius 1 is 1.24 bits per heavy atom. The van der Waals surface area contributed by atoms with E-state index < -0.39 is 17.9 Å². The van der Waals surface area contributed by atoms with Crippen LogP contribution >= 0.6 is 0 Å². The molecule has 0 heterocycles. The van der Waals surface area contributed by atoms with E-state index >= 15 is 0 Å². The highest BCUT2D eigenvalue weighted by atomic mass is 16.4. The minimum absolute atomic E-state index is 0.126. The lowest BCUT2D eigenvalue weighted by atomic mass is 10.0. The number of nitrogens with one attached hydrogen (secondary N) is 1. The van der Waals surface area contributed by atoms with Crippen LogP contribution < -0.4 is 5.32 Å². The van der Waals surface area contributed by atoms with Gasteiger partial charge in [0.15, 0.2) is 5.78 Å². The van der Waals surface area contributed by atoms with Crippen LogP contribution in [0, 0.1) is 12.8 Å². The molecular formula is C16H21NO4. The van der Waals surface area contributed by atoms with Gasteiger partial charge in [-0.3, -0.25) is 9.59 Å². The molecule has 2 N–H and O–H groups in total. The van der Waals surface area contributed by atoms with Crippen LogP contribution in [0.3, 0.4) is 0 Å². The van der Waals surface area contributed by atoms with Crippen molar-refractivity contribution in [2.24, 2.45) is 5.92 Å². The van der Waals surface area contributed by atoms with Crippen LogP contribution in [0.2, 0.25) is 0 Å². The normalized spacial score (nSPS) is 12.0. The predicted octanol–water partition coefficient (Wildman–Crippen LogP) is 2.43. The van der Waals surface area contributed by atoms with E-state index in [0.29, 0.717) is 17.5 Å². The standard InChI is InChI=1S/C16H21NO4/c1-9(2)7-14(16(20)21)17-15(19)12-6-5-10(3)13(8-12)11(4)18/h5-6,8-9,14H,7H2,1-4H3,(H,17,19)(H,20,21)/t14-/m1/s1. The molecule has 21 heavy (non-hydrogen) atoms. The number of aliphatic carboxylic acids is 1. The first-order chi connectivity index (χ1) is 9.72. The quantitative estimate of drug-likeness (QED) is 0.788. The first-order valence-electron chi connectivity index (χ1n) is 6.87. The van der Waals surface area contributed by atoms with Crippen molar-refractivity contribution in [2.75, 3.05) is 0 Å². The SMILES string of the molecule is CC(=O)c1cc(C(=O)N[C@H](CC(C)C)C(=O)O)ccc1C. The number of benzene rings is 1. The van der Waals surface area contributed by atoms with Gasteiger partial charge in [-0.05, 0) is 43.9 Å². The molecule has 0 spiro atoms. The number of carboxylic acids is 1. The maximum Gasteiger partial charge on any atom is 0.326 e. The van der Waals surface area contributed by atoms with Gasteiger partial charge in [-0.25, -0.2) is 4.79 Å². The highest BCUT2D eigenvalue weighted by molar-refractivity contribution is 6.01. The molecule has 0 aliphatic carbocycles. The van der Waals surface area contributed by atoms with E-state index in [-0.39, 0.29) is 11.7 Å². The third-order valence-electron chi connectivity index (χ3n) is 3.19. The number of carbonyl (C=O) groups excluding carboxylic acids is 2. The van der Waals surface area contributed by atoms with Crippen molar-refractivity contribution in [3.8, 4) is 0 Å². The van der Waals surface area contributed by atoms with E-state index in [2.05, 4.69) is 5.32 Å². The summed E-state index contributed by atoms with van der Waals surface area (Å²) in [6.45, 7) is 7.00. The van der Waals surface area contributed by atoms with Crippen LogP contribution in [-0.4, -0.2) is 28.8 Å². The van der Waals surface area contributed by atoms with Crippen molar-refractivity contribution in [2.45, 2.75) is 40.2 Å². The van der Waals surface area contributed by atoms with E-state index in [9.17, 15) is 14.4 Å². The summed E-state index contributed by atoms with van der Waals surface area (Å²) in [5, 5.41) is 11.6. The Labute approximate surface area is 124 Å². The molecule has 0 radical (unpaired) electrons. The lowest BCUT2D eigenvalue weighted by Gasteiger charge is -2.16. The lowest BCUT2D eigenvalue weighted by molar-refractivity contribution is -0.139. The van der Waals surface area contributed by atoms with E-state index in [1.54, 1.807) is 19.1 Å². The summed E-state index contributed by atoms with van der Waals surface area (Å²) >= 11 is 0. The van der Waals surface area contributed by atoms with E-state index in [1.165, 1.54) is 13.0 Å². The smallest absolute Gasteiger partial charge is 0.326 e. The Morgan fingerprint density at radius 2 is 1.86 bits per heavy atom. The summed E-state index contributed by atoms with van der Waals surface area (Å²) < 4.78 is 0. The van der Waals surface area contributed by atoms with Gasteiger partial charge in [0.1, 0.15) is 6.04 Å². The number of hydrogen-bond acceptors (Lipinski definition) is 3. The van der Waals surface area contributed by atoms with Crippen molar-refractivity contribution < 1.29 is 19.5 Å². The van der Waals surface area contributed by atoms with Gasteiger partial charge in [0.05, 0.1) is 0 Å². The second kappa shape index (κ2) is 7.02.